The molecule has 152 valence electrons. The Morgan fingerprint density at radius 3 is 2.61 bits per heavy atom. The van der Waals surface area contributed by atoms with Crippen molar-refractivity contribution in [2.45, 2.75) is 53.1 Å². The predicted molar refractivity (Wildman–Crippen MR) is 112 cm³/mol. The summed E-state index contributed by atoms with van der Waals surface area (Å²) >= 11 is 3.44. The smallest absolute Gasteiger partial charge is 0.307 e. The van der Waals surface area contributed by atoms with E-state index >= 15 is 0 Å². The number of benzene rings is 1. The minimum atomic E-state index is -0.455. The number of nitrogens with one attached hydrogen (secondary N) is 1. The van der Waals surface area contributed by atoms with Gasteiger partial charge in [0.25, 0.3) is 0 Å². The van der Waals surface area contributed by atoms with Gasteiger partial charge in [-0.1, -0.05) is 41.9 Å². The maximum absolute atomic E-state index is 12.8. The maximum Gasteiger partial charge on any atom is 0.307 e. The molecule has 0 saturated carbocycles. The van der Waals surface area contributed by atoms with Crippen molar-refractivity contribution in [2.75, 3.05) is 7.11 Å². The van der Waals surface area contributed by atoms with Crippen LogP contribution in [0.25, 0.3) is 0 Å². The van der Waals surface area contributed by atoms with Crippen LogP contribution in [0.5, 0.6) is 0 Å². The summed E-state index contributed by atoms with van der Waals surface area (Å²) < 4.78 is 7.64. The third-order valence-electron chi connectivity index (χ3n) is 4.59. The zero-order chi connectivity index (χ0) is 20.8. The van der Waals surface area contributed by atoms with Gasteiger partial charge in [-0.3, -0.25) is 14.3 Å². The summed E-state index contributed by atoms with van der Waals surface area (Å²) in [4.78, 5) is 24.6. The minimum absolute atomic E-state index is 0.0727. The first kappa shape index (κ1) is 22.1. The number of esters is 1. The van der Waals surface area contributed by atoms with E-state index < -0.39 is 6.04 Å². The lowest BCUT2D eigenvalue weighted by molar-refractivity contribution is -0.141. The normalized spacial score (nSPS) is 12.1. The van der Waals surface area contributed by atoms with Gasteiger partial charge in [0, 0.05) is 22.3 Å². The number of rotatable bonds is 8. The molecule has 1 atom stereocenters. The number of aromatic nitrogens is 2. The molecule has 2 aromatic rings. The summed E-state index contributed by atoms with van der Waals surface area (Å²) in [5, 5.41) is 7.55. The van der Waals surface area contributed by atoms with Gasteiger partial charge >= 0.3 is 5.97 Å². The van der Waals surface area contributed by atoms with E-state index in [0.29, 0.717) is 5.92 Å². The molecule has 1 amide bonds. The fraction of sp³-hybridized carbons (Fsp3) is 0.476. The van der Waals surface area contributed by atoms with Gasteiger partial charge in [-0.2, -0.15) is 5.10 Å². The van der Waals surface area contributed by atoms with Crippen LogP contribution in [-0.4, -0.2) is 28.8 Å². The van der Waals surface area contributed by atoms with Gasteiger partial charge in [-0.15, -0.1) is 0 Å². The first-order valence-corrected chi connectivity index (χ1v) is 10.1. The van der Waals surface area contributed by atoms with Crippen molar-refractivity contribution in [3.8, 4) is 0 Å². The van der Waals surface area contributed by atoms with E-state index in [1.807, 2.05) is 42.8 Å². The topological polar surface area (TPSA) is 73.2 Å². The van der Waals surface area contributed by atoms with Gasteiger partial charge in [0.1, 0.15) is 0 Å². The van der Waals surface area contributed by atoms with Crippen LogP contribution in [0.3, 0.4) is 0 Å². The molecule has 0 aliphatic heterocycles. The van der Waals surface area contributed by atoms with Crippen molar-refractivity contribution < 1.29 is 14.3 Å². The Kier molecular flexibility index (Phi) is 7.80. The number of halogens is 1. The summed E-state index contributed by atoms with van der Waals surface area (Å²) in [6.45, 7) is 9.01. The van der Waals surface area contributed by atoms with Crippen molar-refractivity contribution in [2.24, 2.45) is 5.92 Å². The monoisotopic (exact) mass is 449 g/mol. The van der Waals surface area contributed by atoms with Crippen LogP contribution in [0, 0.1) is 19.8 Å². The summed E-state index contributed by atoms with van der Waals surface area (Å²) in [7, 11) is 1.35. The van der Waals surface area contributed by atoms with Gasteiger partial charge in [-0.25, -0.2) is 0 Å². The second-order valence-corrected chi connectivity index (χ2v) is 8.27. The van der Waals surface area contributed by atoms with Crippen molar-refractivity contribution in [3.05, 3.63) is 51.3 Å². The number of carbonyl (C=O) groups is 2. The maximum atomic E-state index is 12.8. The molecule has 0 bridgehead atoms. The van der Waals surface area contributed by atoms with Crippen LogP contribution in [0.15, 0.2) is 28.7 Å². The first-order valence-electron chi connectivity index (χ1n) is 9.35. The van der Waals surface area contributed by atoms with Crippen LogP contribution in [0.1, 0.15) is 48.8 Å². The number of aryl methyl sites for hydroxylation is 1. The van der Waals surface area contributed by atoms with Crippen molar-refractivity contribution in [1.29, 1.82) is 0 Å². The zero-order valence-corrected chi connectivity index (χ0v) is 18.7. The molecular formula is C21H28BrN3O3. The highest BCUT2D eigenvalue weighted by molar-refractivity contribution is 9.10. The summed E-state index contributed by atoms with van der Waals surface area (Å²) in [5.41, 5.74) is 3.65. The van der Waals surface area contributed by atoms with E-state index in [-0.39, 0.29) is 24.7 Å². The Hall–Kier alpha value is -2.15. The molecule has 0 aliphatic carbocycles. The number of methoxy groups -OCH3 is 1. The average Bonchev–Trinajstić information content (AvgIpc) is 2.87. The molecule has 0 aliphatic rings. The van der Waals surface area contributed by atoms with Gasteiger partial charge in [0.05, 0.1) is 31.7 Å². The average molecular weight is 450 g/mol. The Morgan fingerprint density at radius 1 is 1.29 bits per heavy atom. The second kappa shape index (κ2) is 9.87. The molecule has 0 fully saturated rings. The molecule has 7 heteroatoms. The number of carbonyl (C=O) groups excluding carboxylic acids is 2. The van der Waals surface area contributed by atoms with Gasteiger partial charge in [0.2, 0.25) is 5.91 Å². The lowest BCUT2D eigenvalue weighted by Crippen LogP contribution is -2.32. The van der Waals surface area contributed by atoms with E-state index in [1.165, 1.54) is 7.11 Å². The quantitative estimate of drug-likeness (QED) is 0.620. The van der Waals surface area contributed by atoms with E-state index in [0.717, 1.165) is 33.5 Å². The lowest BCUT2D eigenvalue weighted by atomic mass is 10.0. The summed E-state index contributed by atoms with van der Waals surface area (Å²) in [5.74, 6) is -0.0489. The molecule has 1 unspecified atom stereocenters. The number of ether oxygens (including phenoxy) is 1. The SMILES string of the molecule is COC(=O)CC(NC(=O)Cc1c(C)nn(CC(C)C)c1C)c1cccc(Br)c1. The highest BCUT2D eigenvalue weighted by atomic mass is 79.9. The van der Waals surface area contributed by atoms with Gasteiger partial charge in [0.15, 0.2) is 0 Å². The third-order valence-corrected chi connectivity index (χ3v) is 5.08. The lowest BCUT2D eigenvalue weighted by Gasteiger charge is -2.19. The standard InChI is InChI=1S/C21H28BrN3O3/c1-13(2)12-25-15(4)18(14(3)24-25)10-20(26)23-19(11-21(27)28-5)16-7-6-8-17(22)9-16/h6-9,13,19H,10-12H2,1-5H3,(H,23,26). The fourth-order valence-electron chi connectivity index (χ4n) is 3.14. The van der Waals surface area contributed by atoms with Crippen LogP contribution in [-0.2, 0) is 27.3 Å². The fourth-order valence-corrected chi connectivity index (χ4v) is 3.56. The van der Waals surface area contributed by atoms with Crippen LogP contribution >= 0.6 is 15.9 Å². The minimum Gasteiger partial charge on any atom is -0.469 e. The highest BCUT2D eigenvalue weighted by Crippen LogP contribution is 2.22. The number of hydrogen-bond donors (Lipinski definition) is 1. The van der Waals surface area contributed by atoms with E-state index in [4.69, 9.17) is 4.74 Å². The van der Waals surface area contributed by atoms with Crippen molar-refractivity contribution in [1.82, 2.24) is 15.1 Å². The molecule has 0 saturated heterocycles. The molecule has 28 heavy (non-hydrogen) atoms. The Bertz CT molecular complexity index is 845. The number of nitrogens with zero attached hydrogens (tertiary/aromatic N) is 2. The molecule has 0 spiro atoms. The predicted octanol–water partition coefficient (Wildman–Crippen LogP) is 3.88. The molecule has 6 nitrogen and oxygen atoms in total. The molecule has 1 aromatic carbocycles. The van der Waals surface area contributed by atoms with E-state index in [9.17, 15) is 9.59 Å². The molecule has 1 N–H and O–H groups in total. The molecule has 1 heterocycles. The largest absolute Gasteiger partial charge is 0.469 e. The van der Waals surface area contributed by atoms with E-state index in [2.05, 4.69) is 40.2 Å². The van der Waals surface area contributed by atoms with Gasteiger partial charge < -0.3 is 10.1 Å². The highest BCUT2D eigenvalue weighted by Gasteiger charge is 2.21. The Morgan fingerprint density at radius 2 is 2.00 bits per heavy atom. The second-order valence-electron chi connectivity index (χ2n) is 7.36. The molecule has 0 radical (unpaired) electrons. The third kappa shape index (κ3) is 5.92. The van der Waals surface area contributed by atoms with Crippen LogP contribution in [0.2, 0.25) is 0 Å². The number of hydrogen-bond acceptors (Lipinski definition) is 4. The van der Waals surface area contributed by atoms with Crippen molar-refractivity contribution in [3.63, 3.8) is 0 Å². The zero-order valence-electron chi connectivity index (χ0n) is 17.1. The summed E-state index contributed by atoms with van der Waals surface area (Å²) in [6.07, 6.45) is 0.296. The van der Waals surface area contributed by atoms with Gasteiger partial charge in [-0.05, 0) is 37.5 Å². The van der Waals surface area contributed by atoms with E-state index in [1.54, 1.807) is 0 Å². The molecule has 2 rings (SSSR count). The van der Waals surface area contributed by atoms with Crippen molar-refractivity contribution >= 4 is 27.8 Å². The van der Waals surface area contributed by atoms with Crippen LogP contribution in [0.4, 0.5) is 0 Å². The van der Waals surface area contributed by atoms with Crippen LogP contribution < -0.4 is 5.32 Å². The molecule has 1 aromatic heterocycles. The number of amides is 1. The molecular weight excluding hydrogens is 422 g/mol. The Balaban J connectivity index is 2.18. The Labute approximate surface area is 174 Å². The first-order chi connectivity index (χ1) is 13.2. The summed E-state index contributed by atoms with van der Waals surface area (Å²) in [6, 6.07) is 7.10.